The van der Waals surface area contributed by atoms with Crippen molar-refractivity contribution in [1.82, 2.24) is 0 Å². The van der Waals surface area contributed by atoms with Crippen LogP contribution >= 0.6 is 0 Å². The molecule has 150 valence electrons. The zero-order valence-electron chi connectivity index (χ0n) is 17.7. The Balaban J connectivity index is 1.72. The summed E-state index contributed by atoms with van der Waals surface area (Å²) in [6.45, 7) is 6.77. The number of carbonyl (C=O) groups excluding carboxylic acids is 1. The van der Waals surface area contributed by atoms with Crippen molar-refractivity contribution in [3.63, 3.8) is 0 Å². The van der Waals surface area contributed by atoms with Crippen molar-refractivity contribution in [3.05, 3.63) is 65.2 Å². The molecule has 0 N–H and O–H groups in total. The van der Waals surface area contributed by atoms with Crippen molar-refractivity contribution in [1.29, 1.82) is 0 Å². The van der Waals surface area contributed by atoms with E-state index in [4.69, 9.17) is 4.74 Å². The summed E-state index contributed by atoms with van der Waals surface area (Å²) in [6.07, 6.45) is 10.0. The Hall–Kier alpha value is -2.09. The van der Waals surface area contributed by atoms with Gasteiger partial charge in [-0.05, 0) is 72.4 Å². The van der Waals surface area contributed by atoms with Crippen molar-refractivity contribution in [2.75, 3.05) is 0 Å². The highest BCUT2D eigenvalue weighted by atomic mass is 16.5. The first kappa shape index (κ1) is 20.6. The molecule has 2 aromatic rings. The highest BCUT2D eigenvalue weighted by Gasteiger charge is 2.34. The van der Waals surface area contributed by atoms with E-state index >= 15 is 0 Å². The summed E-state index contributed by atoms with van der Waals surface area (Å²) in [5, 5.41) is 0. The molecule has 0 saturated heterocycles. The summed E-state index contributed by atoms with van der Waals surface area (Å²) in [4.78, 5) is 12.4. The van der Waals surface area contributed by atoms with Gasteiger partial charge in [-0.2, -0.15) is 0 Å². The molecule has 0 bridgehead atoms. The van der Waals surface area contributed by atoms with Crippen LogP contribution in [-0.2, 0) is 11.8 Å². The first-order chi connectivity index (χ1) is 13.6. The molecule has 1 aliphatic carbocycles. The van der Waals surface area contributed by atoms with Gasteiger partial charge >= 0.3 is 5.97 Å². The van der Waals surface area contributed by atoms with E-state index in [2.05, 4.69) is 32.9 Å². The second kappa shape index (κ2) is 9.41. The van der Waals surface area contributed by atoms with Gasteiger partial charge in [-0.15, -0.1) is 0 Å². The number of rotatable bonds is 7. The molecule has 1 unspecified atom stereocenters. The maximum atomic E-state index is 12.4. The van der Waals surface area contributed by atoms with Crippen molar-refractivity contribution in [2.24, 2.45) is 5.92 Å². The third-order valence-corrected chi connectivity index (χ3v) is 6.52. The molecule has 2 heteroatoms. The van der Waals surface area contributed by atoms with Crippen LogP contribution in [0.1, 0.15) is 87.2 Å². The lowest BCUT2D eigenvalue weighted by molar-refractivity contribution is 0.0734. The standard InChI is InChI=1S/C26H34O2/c1-4-20(3)19-26(17-7-6-8-18-26)23-13-15-24(16-14-23)28-25(27)22-11-9-21(5-2)10-12-22/h9-16,20H,4-8,17-19H2,1-3H3. The van der Waals surface area contributed by atoms with Gasteiger partial charge in [0.05, 0.1) is 5.56 Å². The fraction of sp³-hybridized carbons (Fsp3) is 0.500. The second-order valence-electron chi connectivity index (χ2n) is 8.52. The summed E-state index contributed by atoms with van der Waals surface area (Å²) in [5.74, 6) is 1.08. The Bertz CT molecular complexity index is 752. The molecule has 0 aromatic heterocycles. The Labute approximate surface area is 170 Å². The van der Waals surface area contributed by atoms with E-state index in [1.165, 1.54) is 56.1 Å². The number of carbonyl (C=O) groups is 1. The molecule has 1 fully saturated rings. The molecule has 1 atom stereocenters. The summed E-state index contributed by atoms with van der Waals surface area (Å²) in [5.41, 5.74) is 3.54. The Morgan fingerprint density at radius 1 is 0.964 bits per heavy atom. The molecule has 2 aromatic carbocycles. The van der Waals surface area contributed by atoms with Gasteiger partial charge in [-0.3, -0.25) is 0 Å². The lowest BCUT2D eigenvalue weighted by Crippen LogP contribution is -2.31. The molecule has 0 radical (unpaired) electrons. The van der Waals surface area contributed by atoms with Crippen molar-refractivity contribution in [2.45, 2.75) is 77.6 Å². The number of esters is 1. The van der Waals surface area contributed by atoms with E-state index < -0.39 is 0 Å². The van der Waals surface area contributed by atoms with Crippen LogP contribution in [0.25, 0.3) is 0 Å². The quantitative estimate of drug-likeness (QED) is 0.379. The van der Waals surface area contributed by atoms with E-state index in [9.17, 15) is 4.79 Å². The molecule has 0 amide bonds. The van der Waals surface area contributed by atoms with Crippen LogP contribution < -0.4 is 4.74 Å². The molecule has 1 aliphatic rings. The van der Waals surface area contributed by atoms with E-state index in [1.54, 1.807) is 0 Å². The average molecular weight is 379 g/mol. The minimum atomic E-state index is -0.289. The maximum Gasteiger partial charge on any atom is 0.343 e. The third-order valence-electron chi connectivity index (χ3n) is 6.52. The van der Waals surface area contributed by atoms with Crippen LogP contribution in [0.5, 0.6) is 5.75 Å². The van der Waals surface area contributed by atoms with Crippen LogP contribution in [0.3, 0.4) is 0 Å². The first-order valence-corrected chi connectivity index (χ1v) is 11.0. The van der Waals surface area contributed by atoms with Crippen LogP contribution in [0.2, 0.25) is 0 Å². The van der Waals surface area contributed by atoms with Crippen LogP contribution in [0.15, 0.2) is 48.5 Å². The highest BCUT2D eigenvalue weighted by molar-refractivity contribution is 5.91. The van der Waals surface area contributed by atoms with Gasteiger partial charge in [0, 0.05) is 0 Å². The highest BCUT2D eigenvalue weighted by Crippen LogP contribution is 2.44. The fourth-order valence-corrected chi connectivity index (χ4v) is 4.57. The Kier molecular flexibility index (Phi) is 6.93. The SMILES string of the molecule is CCc1ccc(C(=O)Oc2ccc(C3(CC(C)CC)CCCCC3)cc2)cc1. The number of benzene rings is 2. The van der Waals surface area contributed by atoms with Gasteiger partial charge in [0.25, 0.3) is 0 Å². The minimum Gasteiger partial charge on any atom is -0.423 e. The molecular weight excluding hydrogens is 344 g/mol. The zero-order chi connectivity index (χ0) is 20.0. The van der Waals surface area contributed by atoms with Gasteiger partial charge in [0.1, 0.15) is 5.75 Å². The van der Waals surface area contributed by atoms with Crippen LogP contribution in [0, 0.1) is 5.92 Å². The zero-order valence-corrected chi connectivity index (χ0v) is 17.7. The van der Waals surface area contributed by atoms with E-state index in [0.717, 1.165) is 12.3 Å². The molecule has 2 nitrogen and oxygen atoms in total. The van der Waals surface area contributed by atoms with Crippen molar-refractivity contribution in [3.8, 4) is 5.75 Å². The second-order valence-corrected chi connectivity index (χ2v) is 8.52. The normalized spacial score (nSPS) is 17.1. The monoisotopic (exact) mass is 378 g/mol. The van der Waals surface area contributed by atoms with Gasteiger partial charge in [-0.1, -0.05) is 70.7 Å². The summed E-state index contributed by atoms with van der Waals surface area (Å²) < 4.78 is 5.61. The average Bonchev–Trinajstić information content (AvgIpc) is 2.74. The molecule has 0 aliphatic heterocycles. The van der Waals surface area contributed by atoms with Crippen LogP contribution in [-0.4, -0.2) is 5.97 Å². The van der Waals surface area contributed by atoms with E-state index in [-0.39, 0.29) is 5.97 Å². The molecule has 28 heavy (non-hydrogen) atoms. The van der Waals surface area contributed by atoms with Crippen molar-refractivity contribution < 1.29 is 9.53 Å². The lowest BCUT2D eigenvalue weighted by atomic mass is 9.65. The number of hydrogen-bond acceptors (Lipinski definition) is 2. The van der Waals surface area contributed by atoms with Gasteiger partial charge in [0.15, 0.2) is 0 Å². The summed E-state index contributed by atoms with van der Waals surface area (Å²) in [6, 6.07) is 16.0. The maximum absolute atomic E-state index is 12.4. The Morgan fingerprint density at radius 3 is 2.18 bits per heavy atom. The largest absolute Gasteiger partial charge is 0.423 e. The molecule has 3 rings (SSSR count). The minimum absolute atomic E-state index is 0.289. The topological polar surface area (TPSA) is 26.3 Å². The van der Waals surface area contributed by atoms with E-state index in [0.29, 0.717) is 16.7 Å². The molecular formula is C26H34O2. The summed E-state index contributed by atoms with van der Waals surface area (Å²) >= 11 is 0. The number of ether oxygens (including phenoxy) is 1. The van der Waals surface area contributed by atoms with Gasteiger partial charge < -0.3 is 4.74 Å². The Morgan fingerprint density at radius 2 is 1.61 bits per heavy atom. The number of hydrogen-bond donors (Lipinski definition) is 0. The van der Waals surface area contributed by atoms with Gasteiger partial charge in [-0.25, -0.2) is 4.79 Å². The first-order valence-electron chi connectivity index (χ1n) is 11.0. The smallest absolute Gasteiger partial charge is 0.343 e. The molecule has 1 saturated carbocycles. The predicted molar refractivity (Wildman–Crippen MR) is 116 cm³/mol. The van der Waals surface area contributed by atoms with Crippen LogP contribution in [0.4, 0.5) is 0 Å². The third kappa shape index (κ3) is 4.84. The fourth-order valence-electron chi connectivity index (χ4n) is 4.57. The lowest BCUT2D eigenvalue weighted by Gasteiger charge is -2.40. The van der Waals surface area contributed by atoms with E-state index in [1.807, 2.05) is 36.4 Å². The predicted octanol–water partition coefficient (Wildman–Crippen LogP) is 7.11. The molecule has 0 spiro atoms. The number of aryl methyl sites for hydroxylation is 1. The van der Waals surface area contributed by atoms with Gasteiger partial charge in [0.2, 0.25) is 0 Å². The van der Waals surface area contributed by atoms with Crippen molar-refractivity contribution >= 4 is 5.97 Å². The molecule has 0 heterocycles. The summed E-state index contributed by atoms with van der Waals surface area (Å²) in [7, 11) is 0.